The highest BCUT2D eigenvalue weighted by molar-refractivity contribution is 4.89. The highest BCUT2D eigenvalue weighted by Crippen LogP contribution is 2.33. The van der Waals surface area contributed by atoms with Crippen LogP contribution in [0.1, 0.15) is 33.1 Å². The molecule has 13 heavy (non-hydrogen) atoms. The first-order valence-electron chi connectivity index (χ1n) is 5.64. The number of nitrogens with one attached hydrogen (secondary N) is 1. The number of hydrogen-bond donors (Lipinski definition) is 1. The minimum atomic E-state index is 0.382. The molecule has 1 aliphatic heterocycles. The molecule has 0 atom stereocenters. The van der Waals surface area contributed by atoms with Crippen molar-refractivity contribution in [3.8, 4) is 0 Å². The highest BCUT2D eigenvalue weighted by atomic mass is 15.2. The molecule has 2 rings (SSSR count). The summed E-state index contributed by atoms with van der Waals surface area (Å²) in [4.78, 5) is 2.65. The number of nitrogens with zero attached hydrogens (tertiary/aromatic N) is 1. The van der Waals surface area contributed by atoms with Crippen molar-refractivity contribution in [2.75, 3.05) is 26.2 Å². The Hall–Kier alpha value is -0.0800. The Bertz CT molecular complexity index is 173. The van der Waals surface area contributed by atoms with Gasteiger partial charge < -0.3 is 5.32 Å². The van der Waals surface area contributed by atoms with Gasteiger partial charge in [0.1, 0.15) is 0 Å². The molecule has 1 heterocycles. The van der Waals surface area contributed by atoms with Crippen molar-refractivity contribution < 1.29 is 0 Å². The molecule has 2 nitrogen and oxygen atoms in total. The molecule has 1 saturated heterocycles. The maximum Gasteiger partial charge on any atom is 0.0278 e. The van der Waals surface area contributed by atoms with Gasteiger partial charge in [0.25, 0.3) is 0 Å². The van der Waals surface area contributed by atoms with Crippen LogP contribution in [-0.2, 0) is 0 Å². The highest BCUT2D eigenvalue weighted by Gasteiger charge is 2.30. The molecule has 0 unspecified atom stereocenters. The van der Waals surface area contributed by atoms with E-state index < -0.39 is 0 Å². The van der Waals surface area contributed by atoms with Gasteiger partial charge in [-0.3, -0.25) is 4.90 Å². The zero-order chi connectivity index (χ0) is 9.31. The number of hydrogen-bond acceptors (Lipinski definition) is 2. The molecule has 2 fully saturated rings. The third-order valence-corrected chi connectivity index (χ3v) is 3.48. The van der Waals surface area contributed by atoms with Crippen molar-refractivity contribution in [3.63, 3.8) is 0 Å². The second kappa shape index (κ2) is 3.58. The second-order valence-corrected chi connectivity index (χ2v) is 5.21. The summed E-state index contributed by atoms with van der Waals surface area (Å²) in [7, 11) is 0. The minimum absolute atomic E-state index is 0.382. The molecule has 0 amide bonds. The first-order chi connectivity index (χ1) is 6.18. The van der Waals surface area contributed by atoms with Crippen molar-refractivity contribution in [1.82, 2.24) is 10.2 Å². The minimum Gasteiger partial charge on any atom is -0.314 e. The molecule has 0 radical (unpaired) electrons. The molecular weight excluding hydrogens is 160 g/mol. The van der Waals surface area contributed by atoms with Crippen LogP contribution in [0.25, 0.3) is 0 Å². The number of piperazine rings is 1. The fraction of sp³-hybridized carbons (Fsp3) is 1.00. The lowest BCUT2D eigenvalue weighted by atomic mass is 9.99. The summed E-state index contributed by atoms with van der Waals surface area (Å²) in [5, 5.41) is 3.47. The van der Waals surface area contributed by atoms with Crippen LogP contribution in [0.4, 0.5) is 0 Å². The van der Waals surface area contributed by atoms with E-state index in [-0.39, 0.29) is 0 Å². The fourth-order valence-corrected chi connectivity index (χ4v) is 2.18. The second-order valence-electron chi connectivity index (χ2n) is 5.21. The standard InChI is InChI=1S/C11H22N2/c1-11(2)9-12-6-8-13(11)7-5-10-3-4-10/h10,12H,3-9H2,1-2H3. The largest absolute Gasteiger partial charge is 0.314 e. The first-order valence-corrected chi connectivity index (χ1v) is 5.64. The SMILES string of the molecule is CC1(C)CNCCN1CCC1CC1. The Labute approximate surface area is 81.7 Å². The smallest absolute Gasteiger partial charge is 0.0278 e. The van der Waals surface area contributed by atoms with E-state index in [0.717, 1.165) is 12.5 Å². The van der Waals surface area contributed by atoms with Gasteiger partial charge in [-0.25, -0.2) is 0 Å². The van der Waals surface area contributed by atoms with E-state index in [0.29, 0.717) is 5.54 Å². The molecule has 1 aliphatic carbocycles. The third-order valence-electron chi connectivity index (χ3n) is 3.48. The van der Waals surface area contributed by atoms with Crippen LogP contribution in [0.15, 0.2) is 0 Å². The Morgan fingerprint density at radius 3 is 2.77 bits per heavy atom. The first kappa shape index (κ1) is 9.47. The van der Waals surface area contributed by atoms with Crippen molar-refractivity contribution in [2.45, 2.75) is 38.6 Å². The molecule has 0 aromatic heterocycles. The van der Waals surface area contributed by atoms with Crippen LogP contribution in [0.5, 0.6) is 0 Å². The molecule has 1 saturated carbocycles. The van der Waals surface area contributed by atoms with Crippen molar-refractivity contribution >= 4 is 0 Å². The quantitative estimate of drug-likeness (QED) is 0.711. The fourth-order valence-electron chi connectivity index (χ4n) is 2.18. The summed E-state index contributed by atoms with van der Waals surface area (Å²) in [6.07, 6.45) is 4.42. The maximum atomic E-state index is 3.47. The van der Waals surface area contributed by atoms with Crippen LogP contribution in [0.3, 0.4) is 0 Å². The molecule has 0 aromatic rings. The van der Waals surface area contributed by atoms with Gasteiger partial charge in [0.15, 0.2) is 0 Å². The number of rotatable bonds is 3. The molecule has 2 aliphatic rings. The van der Waals surface area contributed by atoms with Gasteiger partial charge in [0.2, 0.25) is 0 Å². The summed E-state index contributed by atoms with van der Waals surface area (Å²) >= 11 is 0. The predicted octanol–water partition coefficient (Wildman–Crippen LogP) is 1.47. The Morgan fingerprint density at radius 1 is 1.38 bits per heavy atom. The van der Waals surface area contributed by atoms with Crippen molar-refractivity contribution in [3.05, 3.63) is 0 Å². The average Bonchev–Trinajstić information content (AvgIpc) is 2.85. The maximum absolute atomic E-state index is 3.47. The van der Waals surface area contributed by atoms with Crippen molar-refractivity contribution in [1.29, 1.82) is 0 Å². The molecule has 2 heteroatoms. The van der Waals surface area contributed by atoms with Gasteiger partial charge in [0, 0.05) is 25.2 Å². The topological polar surface area (TPSA) is 15.3 Å². The molecule has 76 valence electrons. The predicted molar refractivity (Wildman–Crippen MR) is 55.9 cm³/mol. The van der Waals surface area contributed by atoms with Gasteiger partial charge in [-0.05, 0) is 32.7 Å². The lowest BCUT2D eigenvalue weighted by Crippen LogP contribution is -2.58. The van der Waals surface area contributed by atoms with E-state index in [1.807, 2.05) is 0 Å². The van der Waals surface area contributed by atoms with E-state index in [1.165, 1.54) is 38.9 Å². The van der Waals surface area contributed by atoms with Gasteiger partial charge in [-0.15, -0.1) is 0 Å². The van der Waals surface area contributed by atoms with Crippen LogP contribution in [-0.4, -0.2) is 36.6 Å². The van der Waals surface area contributed by atoms with Crippen LogP contribution >= 0.6 is 0 Å². The Balaban J connectivity index is 1.79. The van der Waals surface area contributed by atoms with Gasteiger partial charge >= 0.3 is 0 Å². The Kier molecular flexibility index (Phi) is 2.61. The summed E-state index contributed by atoms with van der Waals surface area (Å²) in [5.41, 5.74) is 0.382. The summed E-state index contributed by atoms with van der Waals surface area (Å²) in [6.45, 7) is 9.59. The molecule has 0 bridgehead atoms. The molecule has 1 N–H and O–H groups in total. The summed E-state index contributed by atoms with van der Waals surface area (Å²) in [6, 6.07) is 0. The average molecular weight is 182 g/mol. The lowest BCUT2D eigenvalue weighted by molar-refractivity contribution is 0.0877. The van der Waals surface area contributed by atoms with Crippen LogP contribution in [0.2, 0.25) is 0 Å². The van der Waals surface area contributed by atoms with Gasteiger partial charge in [-0.1, -0.05) is 12.8 Å². The van der Waals surface area contributed by atoms with Gasteiger partial charge in [0.05, 0.1) is 0 Å². The Morgan fingerprint density at radius 2 is 2.15 bits per heavy atom. The molecule has 0 aromatic carbocycles. The molecular formula is C11H22N2. The molecule has 0 spiro atoms. The third kappa shape index (κ3) is 2.44. The normalized spacial score (nSPS) is 29.1. The van der Waals surface area contributed by atoms with E-state index in [1.54, 1.807) is 0 Å². The zero-order valence-corrected chi connectivity index (χ0v) is 8.97. The van der Waals surface area contributed by atoms with E-state index >= 15 is 0 Å². The monoisotopic (exact) mass is 182 g/mol. The van der Waals surface area contributed by atoms with Gasteiger partial charge in [-0.2, -0.15) is 0 Å². The summed E-state index contributed by atoms with van der Waals surface area (Å²) in [5.74, 6) is 1.07. The van der Waals surface area contributed by atoms with E-state index in [9.17, 15) is 0 Å². The van der Waals surface area contributed by atoms with Crippen LogP contribution < -0.4 is 5.32 Å². The lowest BCUT2D eigenvalue weighted by Gasteiger charge is -2.43. The van der Waals surface area contributed by atoms with E-state index in [4.69, 9.17) is 0 Å². The summed E-state index contributed by atoms with van der Waals surface area (Å²) < 4.78 is 0. The zero-order valence-electron chi connectivity index (χ0n) is 8.97. The van der Waals surface area contributed by atoms with Crippen molar-refractivity contribution in [2.24, 2.45) is 5.92 Å². The van der Waals surface area contributed by atoms with Crippen LogP contribution in [0, 0.1) is 5.92 Å². The van der Waals surface area contributed by atoms with E-state index in [2.05, 4.69) is 24.1 Å².